The Kier molecular flexibility index (Phi) is 7.26. The van der Waals surface area contributed by atoms with Crippen LogP contribution in [-0.4, -0.2) is 0 Å². The SMILES string of the molecule is CCCCCCCC1CCC(C2CCCC(C)(C#N)C2)CC1. The molecular formula is C21H37N. The number of hydrogen-bond donors (Lipinski definition) is 0. The third-order valence-corrected chi connectivity index (χ3v) is 6.56. The van der Waals surface area contributed by atoms with Crippen LogP contribution in [0.4, 0.5) is 0 Å². The molecule has 0 aromatic carbocycles. The van der Waals surface area contributed by atoms with Crippen LogP contribution in [0.15, 0.2) is 0 Å². The summed E-state index contributed by atoms with van der Waals surface area (Å²) in [5, 5.41) is 9.42. The molecule has 0 heterocycles. The van der Waals surface area contributed by atoms with Gasteiger partial charge in [-0.25, -0.2) is 0 Å². The van der Waals surface area contributed by atoms with Crippen LogP contribution in [-0.2, 0) is 0 Å². The van der Waals surface area contributed by atoms with E-state index < -0.39 is 0 Å². The van der Waals surface area contributed by atoms with Crippen molar-refractivity contribution < 1.29 is 0 Å². The van der Waals surface area contributed by atoms with E-state index in [0.717, 1.165) is 24.2 Å². The fourth-order valence-electron chi connectivity index (χ4n) is 5.03. The second-order valence-electron chi connectivity index (χ2n) is 8.51. The smallest absolute Gasteiger partial charge is 0.0686 e. The van der Waals surface area contributed by atoms with Crippen molar-refractivity contribution in [3.05, 3.63) is 0 Å². The Hall–Kier alpha value is -0.510. The molecule has 1 nitrogen and oxygen atoms in total. The number of nitriles is 1. The highest BCUT2D eigenvalue weighted by Crippen LogP contribution is 2.46. The fraction of sp³-hybridized carbons (Fsp3) is 0.952. The van der Waals surface area contributed by atoms with Gasteiger partial charge in [0.05, 0.1) is 11.5 Å². The number of rotatable bonds is 7. The minimum Gasteiger partial charge on any atom is -0.198 e. The molecule has 2 aliphatic carbocycles. The largest absolute Gasteiger partial charge is 0.198 e. The van der Waals surface area contributed by atoms with Crippen molar-refractivity contribution in [1.29, 1.82) is 5.26 Å². The zero-order chi connectivity index (χ0) is 15.8. The Balaban J connectivity index is 1.65. The number of nitrogens with zero attached hydrogens (tertiary/aromatic N) is 1. The Morgan fingerprint density at radius 1 is 0.955 bits per heavy atom. The first-order valence-electron chi connectivity index (χ1n) is 10.1. The first-order valence-corrected chi connectivity index (χ1v) is 10.1. The van der Waals surface area contributed by atoms with Gasteiger partial charge in [-0.2, -0.15) is 5.26 Å². The molecule has 2 saturated carbocycles. The van der Waals surface area contributed by atoms with Gasteiger partial charge in [-0.05, 0) is 50.4 Å². The van der Waals surface area contributed by atoms with E-state index in [-0.39, 0.29) is 5.41 Å². The Labute approximate surface area is 138 Å². The average molecular weight is 304 g/mol. The zero-order valence-corrected chi connectivity index (χ0v) is 15.1. The lowest BCUT2D eigenvalue weighted by Gasteiger charge is -2.40. The van der Waals surface area contributed by atoms with Crippen molar-refractivity contribution in [2.24, 2.45) is 23.2 Å². The summed E-state index contributed by atoms with van der Waals surface area (Å²) in [5.41, 5.74) is -0.0148. The highest BCUT2D eigenvalue weighted by Gasteiger charge is 2.36. The quantitative estimate of drug-likeness (QED) is 0.470. The monoisotopic (exact) mass is 303 g/mol. The Bertz CT molecular complexity index is 347. The van der Waals surface area contributed by atoms with Crippen LogP contribution in [0, 0.1) is 34.5 Å². The van der Waals surface area contributed by atoms with Crippen LogP contribution in [0.25, 0.3) is 0 Å². The minimum atomic E-state index is -0.0148. The molecule has 0 aromatic rings. The molecule has 2 unspecified atom stereocenters. The van der Waals surface area contributed by atoms with Gasteiger partial charge in [0.25, 0.3) is 0 Å². The summed E-state index contributed by atoms with van der Waals surface area (Å²) < 4.78 is 0. The maximum absolute atomic E-state index is 9.42. The molecule has 0 bridgehead atoms. The number of hydrogen-bond acceptors (Lipinski definition) is 1. The van der Waals surface area contributed by atoms with Gasteiger partial charge in [0, 0.05) is 0 Å². The lowest BCUT2D eigenvalue weighted by molar-refractivity contribution is 0.117. The molecule has 0 radical (unpaired) electrons. The Morgan fingerprint density at radius 3 is 2.36 bits per heavy atom. The minimum absolute atomic E-state index is 0.0148. The predicted molar refractivity (Wildman–Crippen MR) is 94.5 cm³/mol. The molecule has 2 fully saturated rings. The summed E-state index contributed by atoms with van der Waals surface area (Å²) in [6, 6.07) is 2.60. The van der Waals surface area contributed by atoms with Crippen LogP contribution < -0.4 is 0 Å². The zero-order valence-electron chi connectivity index (χ0n) is 15.1. The molecule has 0 aromatic heterocycles. The van der Waals surface area contributed by atoms with Gasteiger partial charge < -0.3 is 0 Å². The first-order chi connectivity index (χ1) is 10.7. The topological polar surface area (TPSA) is 23.8 Å². The van der Waals surface area contributed by atoms with Gasteiger partial charge in [0.15, 0.2) is 0 Å². The molecular weight excluding hydrogens is 266 g/mol. The average Bonchev–Trinajstić information content (AvgIpc) is 2.55. The van der Waals surface area contributed by atoms with E-state index in [1.54, 1.807) is 0 Å². The van der Waals surface area contributed by atoms with E-state index in [1.807, 2.05) is 0 Å². The maximum Gasteiger partial charge on any atom is 0.0686 e. The summed E-state index contributed by atoms with van der Waals surface area (Å²) in [4.78, 5) is 0. The molecule has 126 valence electrons. The molecule has 2 rings (SSSR count). The van der Waals surface area contributed by atoms with Crippen LogP contribution in [0.1, 0.15) is 104 Å². The van der Waals surface area contributed by atoms with Gasteiger partial charge in [-0.1, -0.05) is 71.1 Å². The molecule has 0 amide bonds. The lowest BCUT2D eigenvalue weighted by atomic mass is 9.64. The lowest BCUT2D eigenvalue weighted by Crippen LogP contribution is -2.30. The maximum atomic E-state index is 9.42. The van der Waals surface area contributed by atoms with E-state index in [4.69, 9.17) is 0 Å². The van der Waals surface area contributed by atoms with E-state index in [2.05, 4.69) is 19.9 Å². The second kappa shape index (κ2) is 8.95. The van der Waals surface area contributed by atoms with Crippen molar-refractivity contribution in [2.45, 2.75) is 104 Å². The molecule has 0 spiro atoms. The van der Waals surface area contributed by atoms with Gasteiger partial charge in [-0.15, -0.1) is 0 Å². The second-order valence-corrected chi connectivity index (χ2v) is 8.51. The van der Waals surface area contributed by atoms with Crippen molar-refractivity contribution >= 4 is 0 Å². The van der Waals surface area contributed by atoms with E-state index in [9.17, 15) is 5.26 Å². The highest BCUT2D eigenvalue weighted by atomic mass is 14.4. The summed E-state index contributed by atoms with van der Waals surface area (Å²) in [6.45, 7) is 4.49. The molecule has 0 N–H and O–H groups in total. The van der Waals surface area contributed by atoms with Gasteiger partial charge >= 0.3 is 0 Å². The van der Waals surface area contributed by atoms with Crippen LogP contribution in [0.3, 0.4) is 0 Å². The summed E-state index contributed by atoms with van der Waals surface area (Å²) >= 11 is 0. The highest BCUT2D eigenvalue weighted by molar-refractivity contribution is 5.00. The summed E-state index contributed by atoms with van der Waals surface area (Å²) in [7, 11) is 0. The number of unbranched alkanes of at least 4 members (excludes halogenated alkanes) is 4. The van der Waals surface area contributed by atoms with Crippen molar-refractivity contribution in [3.8, 4) is 6.07 Å². The van der Waals surface area contributed by atoms with Crippen molar-refractivity contribution in [2.75, 3.05) is 0 Å². The van der Waals surface area contributed by atoms with Crippen molar-refractivity contribution in [1.82, 2.24) is 0 Å². The fourth-order valence-corrected chi connectivity index (χ4v) is 5.03. The van der Waals surface area contributed by atoms with Gasteiger partial charge in [0.1, 0.15) is 0 Å². The van der Waals surface area contributed by atoms with Gasteiger partial charge in [-0.3, -0.25) is 0 Å². The molecule has 2 aliphatic rings. The Morgan fingerprint density at radius 2 is 1.68 bits per heavy atom. The van der Waals surface area contributed by atoms with E-state index in [1.165, 1.54) is 83.5 Å². The standard InChI is InChI=1S/C21H37N/c1-3-4-5-6-7-9-18-11-13-19(14-12-18)20-10-8-15-21(2,16-20)17-22/h18-20H,3-16H2,1-2H3. The first kappa shape index (κ1) is 17.8. The third kappa shape index (κ3) is 5.29. The molecule has 0 saturated heterocycles. The van der Waals surface area contributed by atoms with Crippen LogP contribution >= 0.6 is 0 Å². The van der Waals surface area contributed by atoms with Crippen LogP contribution in [0.2, 0.25) is 0 Å². The summed E-state index contributed by atoms with van der Waals surface area (Å²) in [5.74, 6) is 2.80. The van der Waals surface area contributed by atoms with E-state index in [0.29, 0.717) is 0 Å². The van der Waals surface area contributed by atoms with Crippen molar-refractivity contribution in [3.63, 3.8) is 0 Å². The van der Waals surface area contributed by atoms with Gasteiger partial charge in [0.2, 0.25) is 0 Å². The molecule has 0 aliphatic heterocycles. The normalized spacial score (nSPS) is 36.0. The molecule has 22 heavy (non-hydrogen) atoms. The predicted octanol–water partition coefficient (Wildman–Crippen LogP) is 6.87. The van der Waals surface area contributed by atoms with Crippen LogP contribution in [0.5, 0.6) is 0 Å². The molecule has 1 heteroatoms. The molecule has 2 atom stereocenters. The summed E-state index contributed by atoms with van der Waals surface area (Å²) in [6.07, 6.45) is 19.5. The third-order valence-electron chi connectivity index (χ3n) is 6.56. The van der Waals surface area contributed by atoms with E-state index >= 15 is 0 Å².